The van der Waals surface area contributed by atoms with E-state index < -0.39 is 0 Å². The van der Waals surface area contributed by atoms with E-state index in [4.69, 9.17) is 0 Å². The van der Waals surface area contributed by atoms with Gasteiger partial charge in [-0.3, -0.25) is 9.36 Å². The molecule has 3 aromatic rings. The van der Waals surface area contributed by atoms with Crippen LogP contribution in [0.4, 0.5) is 5.95 Å². The first-order chi connectivity index (χ1) is 13.3. The van der Waals surface area contributed by atoms with Gasteiger partial charge in [-0.15, -0.1) is 0 Å². The highest BCUT2D eigenvalue weighted by Crippen LogP contribution is 2.20. The molecule has 0 saturated carbocycles. The summed E-state index contributed by atoms with van der Waals surface area (Å²) in [5, 5.41) is 0.899. The van der Waals surface area contributed by atoms with Crippen molar-refractivity contribution < 1.29 is 4.79 Å². The van der Waals surface area contributed by atoms with Crippen molar-refractivity contribution in [2.75, 3.05) is 37.3 Å². The SMILES string of the molecule is CSc1nccn1-c1cccc(C(=O)N2CCN(c3ncccn3)CC2)c1. The minimum absolute atomic E-state index is 0.0521. The third-order valence-electron chi connectivity index (χ3n) is 4.56. The van der Waals surface area contributed by atoms with Crippen LogP contribution in [0.3, 0.4) is 0 Å². The zero-order valence-electron chi connectivity index (χ0n) is 15.0. The number of amides is 1. The molecule has 3 heterocycles. The highest BCUT2D eigenvalue weighted by molar-refractivity contribution is 7.98. The van der Waals surface area contributed by atoms with E-state index in [0.29, 0.717) is 18.7 Å². The van der Waals surface area contributed by atoms with Gasteiger partial charge < -0.3 is 9.80 Å². The fraction of sp³-hybridized carbons (Fsp3) is 0.263. The Morgan fingerprint density at radius 2 is 1.78 bits per heavy atom. The van der Waals surface area contributed by atoms with Crippen molar-refractivity contribution in [3.05, 3.63) is 60.7 Å². The van der Waals surface area contributed by atoms with E-state index in [1.807, 2.05) is 46.2 Å². The maximum atomic E-state index is 13.0. The Labute approximate surface area is 162 Å². The summed E-state index contributed by atoms with van der Waals surface area (Å²) in [5.41, 5.74) is 1.64. The van der Waals surface area contributed by atoms with Gasteiger partial charge in [0.2, 0.25) is 5.95 Å². The third-order valence-corrected chi connectivity index (χ3v) is 5.23. The highest BCUT2D eigenvalue weighted by Gasteiger charge is 2.23. The second-order valence-electron chi connectivity index (χ2n) is 6.16. The van der Waals surface area contributed by atoms with E-state index in [2.05, 4.69) is 19.9 Å². The lowest BCUT2D eigenvalue weighted by atomic mass is 10.1. The number of piperazine rings is 1. The lowest BCUT2D eigenvalue weighted by Gasteiger charge is -2.34. The van der Waals surface area contributed by atoms with Gasteiger partial charge in [-0.25, -0.2) is 15.0 Å². The van der Waals surface area contributed by atoms with Crippen molar-refractivity contribution in [2.24, 2.45) is 0 Å². The van der Waals surface area contributed by atoms with Gasteiger partial charge in [0.1, 0.15) is 0 Å². The number of carbonyl (C=O) groups is 1. The van der Waals surface area contributed by atoms with Crippen LogP contribution in [0.25, 0.3) is 5.69 Å². The molecule has 1 aliphatic heterocycles. The number of imidazole rings is 1. The number of carbonyl (C=O) groups excluding carboxylic acids is 1. The molecule has 0 spiro atoms. The molecule has 138 valence electrons. The topological polar surface area (TPSA) is 67.2 Å². The zero-order chi connectivity index (χ0) is 18.6. The Morgan fingerprint density at radius 1 is 1.00 bits per heavy atom. The van der Waals surface area contributed by atoms with E-state index in [-0.39, 0.29) is 5.91 Å². The Hall–Kier alpha value is -2.87. The van der Waals surface area contributed by atoms with Gasteiger partial charge in [0.25, 0.3) is 5.91 Å². The quantitative estimate of drug-likeness (QED) is 0.647. The van der Waals surface area contributed by atoms with Gasteiger partial charge >= 0.3 is 0 Å². The lowest BCUT2D eigenvalue weighted by Crippen LogP contribution is -2.49. The van der Waals surface area contributed by atoms with Crippen LogP contribution in [0.2, 0.25) is 0 Å². The molecular weight excluding hydrogens is 360 g/mol. The normalized spacial score (nSPS) is 14.4. The van der Waals surface area contributed by atoms with Gasteiger partial charge in [0, 0.05) is 62.2 Å². The molecule has 7 nitrogen and oxygen atoms in total. The van der Waals surface area contributed by atoms with E-state index in [1.54, 1.807) is 36.4 Å². The van der Waals surface area contributed by atoms with Crippen LogP contribution in [0.15, 0.2) is 60.3 Å². The number of thioether (sulfide) groups is 1. The minimum atomic E-state index is 0.0521. The smallest absolute Gasteiger partial charge is 0.254 e. The van der Waals surface area contributed by atoms with Crippen molar-refractivity contribution in [2.45, 2.75) is 5.16 Å². The van der Waals surface area contributed by atoms with Crippen molar-refractivity contribution >= 4 is 23.6 Å². The number of aromatic nitrogens is 4. The highest BCUT2D eigenvalue weighted by atomic mass is 32.2. The number of anilines is 1. The van der Waals surface area contributed by atoms with E-state index >= 15 is 0 Å². The summed E-state index contributed by atoms with van der Waals surface area (Å²) in [7, 11) is 0. The van der Waals surface area contributed by atoms with Crippen LogP contribution >= 0.6 is 11.8 Å². The van der Waals surface area contributed by atoms with Crippen molar-refractivity contribution in [3.63, 3.8) is 0 Å². The van der Waals surface area contributed by atoms with Crippen LogP contribution in [-0.4, -0.2) is 62.8 Å². The molecule has 0 aliphatic carbocycles. The number of hydrogen-bond donors (Lipinski definition) is 0. The van der Waals surface area contributed by atoms with Gasteiger partial charge in [-0.2, -0.15) is 0 Å². The van der Waals surface area contributed by atoms with Gasteiger partial charge in [-0.1, -0.05) is 17.8 Å². The first-order valence-corrected chi connectivity index (χ1v) is 9.98. The van der Waals surface area contributed by atoms with Crippen LogP contribution in [0.1, 0.15) is 10.4 Å². The maximum absolute atomic E-state index is 13.0. The van der Waals surface area contributed by atoms with E-state index in [0.717, 1.165) is 29.9 Å². The summed E-state index contributed by atoms with van der Waals surface area (Å²) >= 11 is 1.58. The van der Waals surface area contributed by atoms with Crippen LogP contribution < -0.4 is 4.90 Å². The number of rotatable bonds is 4. The predicted molar refractivity (Wildman–Crippen MR) is 105 cm³/mol. The van der Waals surface area contributed by atoms with E-state index in [1.165, 1.54) is 0 Å². The largest absolute Gasteiger partial charge is 0.337 e. The average Bonchev–Trinajstić information content (AvgIpc) is 3.23. The fourth-order valence-electron chi connectivity index (χ4n) is 3.17. The van der Waals surface area contributed by atoms with Crippen LogP contribution in [-0.2, 0) is 0 Å². The molecule has 27 heavy (non-hydrogen) atoms. The number of nitrogens with zero attached hydrogens (tertiary/aromatic N) is 6. The second kappa shape index (κ2) is 7.79. The molecule has 2 aromatic heterocycles. The first kappa shape index (κ1) is 17.5. The summed E-state index contributed by atoms with van der Waals surface area (Å²) in [6.45, 7) is 2.77. The summed E-state index contributed by atoms with van der Waals surface area (Å²) in [5.74, 6) is 0.771. The molecule has 1 amide bonds. The molecule has 1 saturated heterocycles. The Kier molecular flexibility index (Phi) is 5.06. The van der Waals surface area contributed by atoms with Crippen molar-refractivity contribution in [3.8, 4) is 5.69 Å². The lowest BCUT2D eigenvalue weighted by molar-refractivity contribution is 0.0746. The average molecular weight is 380 g/mol. The van der Waals surface area contributed by atoms with Gasteiger partial charge in [0.05, 0.1) is 0 Å². The number of benzene rings is 1. The monoisotopic (exact) mass is 380 g/mol. The summed E-state index contributed by atoms with van der Waals surface area (Å²) in [6, 6.07) is 9.51. The molecular formula is C19H20N6OS. The molecule has 4 rings (SSSR count). The molecule has 0 bridgehead atoms. The van der Waals surface area contributed by atoms with Crippen LogP contribution in [0, 0.1) is 0 Å². The van der Waals surface area contributed by atoms with Crippen LogP contribution in [0.5, 0.6) is 0 Å². The Balaban J connectivity index is 1.47. The fourth-order valence-corrected chi connectivity index (χ4v) is 3.70. The third kappa shape index (κ3) is 3.66. The molecule has 0 atom stereocenters. The molecule has 0 radical (unpaired) electrons. The Bertz CT molecular complexity index is 921. The molecule has 0 unspecified atom stereocenters. The molecule has 1 fully saturated rings. The first-order valence-electron chi connectivity index (χ1n) is 8.75. The molecule has 1 aromatic carbocycles. The second-order valence-corrected chi connectivity index (χ2v) is 6.94. The van der Waals surface area contributed by atoms with Gasteiger partial charge in [-0.05, 0) is 30.5 Å². The summed E-state index contributed by atoms with van der Waals surface area (Å²) in [6.07, 6.45) is 9.15. The summed E-state index contributed by atoms with van der Waals surface area (Å²) in [4.78, 5) is 29.9. The van der Waals surface area contributed by atoms with Gasteiger partial charge in [0.15, 0.2) is 5.16 Å². The van der Waals surface area contributed by atoms with Crippen molar-refractivity contribution in [1.82, 2.24) is 24.4 Å². The van der Waals surface area contributed by atoms with Crippen molar-refractivity contribution in [1.29, 1.82) is 0 Å². The zero-order valence-corrected chi connectivity index (χ0v) is 15.8. The predicted octanol–water partition coefficient (Wildman–Crippen LogP) is 2.35. The molecule has 0 N–H and O–H groups in total. The van der Waals surface area contributed by atoms with E-state index in [9.17, 15) is 4.79 Å². The molecule has 8 heteroatoms. The Morgan fingerprint density at radius 3 is 2.52 bits per heavy atom. The molecule has 1 aliphatic rings. The minimum Gasteiger partial charge on any atom is -0.337 e. The number of hydrogen-bond acceptors (Lipinski definition) is 6. The maximum Gasteiger partial charge on any atom is 0.254 e. The summed E-state index contributed by atoms with van der Waals surface area (Å²) < 4.78 is 1.99. The standard InChI is InChI=1S/C19H20N6OS/c1-27-19-22-8-9-25(19)16-5-2-4-15(14-16)17(26)23-10-12-24(13-11-23)18-20-6-3-7-21-18/h2-9,14H,10-13H2,1H3.